The molecule has 0 bridgehead atoms. The van der Waals surface area contributed by atoms with Crippen LogP contribution in [0.15, 0.2) is 11.6 Å². The van der Waals surface area contributed by atoms with Gasteiger partial charge in [-0.05, 0) is 12.5 Å². The van der Waals surface area contributed by atoms with E-state index in [0.717, 1.165) is 5.57 Å². The summed E-state index contributed by atoms with van der Waals surface area (Å²) in [6.45, 7) is 0. The molecule has 0 aliphatic heterocycles. The van der Waals surface area contributed by atoms with Crippen molar-refractivity contribution in [3.05, 3.63) is 11.6 Å². The molecule has 0 radical (unpaired) electrons. The summed E-state index contributed by atoms with van der Waals surface area (Å²) in [5.41, 5.74) is 0.858. The molecule has 1 aliphatic carbocycles. The fourth-order valence-electron chi connectivity index (χ4n) is 1.23. The van der Waals surface area contributed by atoms with E-state index in [9.17, 15) is 9.36 Å². The summed E-state index contributed by atoms with van der Waals surface area (Å²) in [7, 11) is -0.280. The second-order valence-electron chi connectivity index (χ2n) is 2.90. The molecule has 0 fully saturated rings. The standard InChI is InChI=1S/C8H13O4P/c1-11-13(10,12-2)6-7-3-4-8(9)5-7/h5H,3-4,6H2,1-2H3. The van der Waals surface area contributed by atoms with Crippen LogP contribution in [-0.4, -0.2) is 26.2 Å². The Kier molecular flexibility index (Phi) is 3.42. The third-order valence-corrected chi connectivity index (χ3v) is 3.92. The van der Waals surface area contributed by atoms with E-state index < -0.39 is 7.60 Å². The minimum Gasteiger partial charge on any atom is -0.312 e. The van der Waals surface area contributed by atoms with Gasteiger partial charge in [-0.25, -0.2) is 0 Å². The van der Waals surface area contributed by atoms with Gasteiger partial charge in [-0.15, -0.1) is 0 Å². The summed E-state index contributed by atoms with van der Waals surface area (Å²) in [6.07, 6.45) is 2.95. The molecule has 0 aromatic heterocycles. The first-order valence-corrected chi connectivity index (χ1v) is 5.75. The van der Waals surface area contributed by atoms with E-state index in [1.54, 1.807) is 0 Å². The van der Waals surface area contributed by atoms with Gasteiger partial charge in [-0.3, -0.25) is 9.36 Å². The van der Waals surface area contributed by atoms with E-state index in [-0.39, 0.29) is 11.9 Å². The van der Waals surface area contributed by atoms with Crippen LogP contribution in [0, 0.1) is 0 Å². The van der Waals surface area contributed by atoms with Crippen LogP contribution >= 0.6 is 7.60 Å². The quantitative estimate of drug-likeness (QED) is 0.655. The third kappa shape index (κ3) is 2.76. The number of rotatable bonds is 4. The molecule has 0 saturated heterocycles. The maximum absolute atomic E-state index is 11.6. The average Bonchev–Trinajstić information content (AvgIpc) is 2.51. The van der Waals surface area contributed by atoms with Gasteiger partial charge in [0.2, 0.25) is 0 Å². The van der Waals surface area contributed by atoms with E-state index in [4.69, 9.17) is 9.05 Å². The highest BCUT2D eigenvalue weighted by molar-refractivity contribution is 7.54. The number of carbonyl (C=O) groups excluding carboxylic acids is 1. The summed E-state index contributed by atoms with van der Waals surface area (Å²) in [6, 6.07) is 0. The lowest BCUT2D eigenvalue weighted by Crippen LogP contribution is -1.96. The summed E-state index contributed by atoms with van der Waals surface area (Å²) in [5, 5.41) is 0. The smallest absolute Gasteiger partial charge is 0.312 e. The Balaban J connectivity index is 2.62. The van der Waals surface area contributed by atoms with Crippen molar-refractivity contribution in [3.8, 4) is 0 Å². The molecule has 1 rings (SSSR count). The molecule has 0 atom stereocenters. The van der Waals surface area contributed by atoms with Crippen molar-refractivity contribution < 1.29 is 18.4 Å². The van der Waals surface area contributed by atoms with E-state index in [1.165, 1.54) is 20.3 Å². The zero-order valence-corrected chi connectivity index (χ0v) is 8.67. The van der Waals surface area contributed by atoms with Crippen LogP contribution < -0.4 is 0 Å². The number of hydrogen-bond acceptors (Lipinski definition) is 4. The van der Waals surface area contributed by atoms with Gasteiger partial charge in [-0.2, -0.15) is 0 Å². The molecule has 74 valence electrons. The summed E-state index contributed by atoms with van der Waals surface area (Å²) in [5.74, 6) is 0.0914. The molecular weight excluding hydrogens is 191 g/mol. The highest BCUT2D eigenvalue weighted by Crippen LogP contribution is 2.48. The minimum atomic E-state index is -2.98. The first kappa shape index (κ1) is 10.6. The molecule has 0 saturated carbocycles. The van der Waals surface area contributed by atoms with Crippen molar-refractivity contribution in [2.75, 3.05) is 20.4 Å². The Hall–Kier alpha value is -0.440. The molecule has 0 unspecified atom stereocenters. The van der Waals surface area contributed by atoms with Crippen molar-refractivity contribution in [2.45, 2.75) is 12.8 Å². The minimum absolute atomic E-state index is 0.0914. The lowest BCUT2D eigenvalue weighted by atomic mass is 10.3. The first-order valence-electron chi connectivity index (χ1n) is 4.02. The van der Waals surface area contributed by atoms with Crippen LogP contribution in [-0.2, 0) is 18.4 Å². The van der Waals surface area contributed by atoms with E-state index in [1.807, 2.05) is 0 Å². The summed E-state index contributed by atoms with van der Waals surface area (Å²) >= 11 is 0. The predicted molar refractivity (Wildman–Crippen MR) is 48.8 cm³/mol. The van der Waals surface area contributed by atoms with Gasteiger partial charge in [0.1, 0.15) is 0 Å². The van der Waals surface area contributed by atoms with Crippen LogP contribution in [0.4, 0.5) is 0 Å². The van der Waals surface area contributed by atoms with Gasteiger partial charge in [0.15, 0.2) is 5.78 Å². The second-order valence-corrected chi connectivity index (χ2v) is 5.17. The average molecular weight is 204 g/mol. The lowest BCUT2D eigenvalue weighted by Gasteiger charge is -2.13. The maximum atomic E-state index is 11.6. The number of allylic oxidation sites excluding steroid dienone is 2. The molecule has 0 spiro atoms. The molecule has 0 aromatic carbocycles. The number of carbonyl (C=O) groups is 1. The zero-order valence-electron chi connectivity index (χ0n) is 7.78. The highest BCUT2D eigenvalue weighted by Gasteiger charge is 2.25. The number of ketones is 1. The molecule has 1 aliphatic rings. The molecule has 13 heavy (non-hydrogen) atoms. The van der Waals surface area contributed by atoms with Gasteiger partial charge in [0.05, 0.1) is 6.16 Å². The van der Waals surface area contributed by atoms with Crippen molar-refractivity contribution in [2.24, 2.45) is 0 Å². The first-order chi connectivity index (χ1) is 6.09. The number of hydrogen-bond donors (Lipinski definition) is 0. The van der Waals surface area contributed by atoms with Crippen LogP contribution in [0.2, 0.25) is 0 Å². The molecule has 0 amide bonds. The third-order valence-electron chi connectivity index (χ3n) is 2.01. The van der Waals surface area contributed by atoms with Gasteiger partial charge >= 0.3 is 7.60 Å². The Morgan fingerprint density at radius 3 is 2.38 bits per heavy atom. The van der Waals surface area contributed by atoms with E-state index >= 15 is 0 Å². The van der Waals surface area contributed by atoms with Gasteiger partial charge in [0.25, 0.3) is 0 Å². The zero-order chi connectivity index (χ0) is 9.90. The maximum Gasteiger partial charge on any atom is 0.334 e. The van der Waals surface area contributed by atoms with E-state index in [2.05, 4.69) is 0 Å². The van der Waals surface area contributed by atoms with Gasteiger partial charge in [0, 0.05) is 20.6 Å². The van der Waals surface area contributed by atoms with Crippen molar-refractivity contribution in [3.63, 3.8) is 0 Å². The Morgan fingerprint density at radius 1 is 1.38 bits per heavy atom. The van der Waals surface area contributed by atoms with Crippen molar-refractivity contribution >= 4 is 13.4 Å². The lowest BCUT2D eigenvalue weighted by molar-refractivity contribution is -0.114. The topological polar surface area (TPSA) is 52.6 Å². The SMILES string of the molecule is COP(=O)(CC1=CC(=O)CC1)OC. The second kappa shape index (κ2) is 4.18. The summed E-state index contributed by atoms with van der Waals surface area (Å²) < 4.78 is 21.1. The van der Waals surface area contributed by atoms with Crippen LogP contribution in [0.25, 0.3) is 0 Å². The Bertz CT molecular complexity index is 274. The van der Waals surface area contributed by atoms with Crippen LogP contribution in [0.1, 0.15) is 12.8 Å². The largest absolute Gasteiger partial charge is 0.334 e. The Morgan fingerprint density at radius 2 is 2.00 bits per heavy atom. The molecule has 0 N–H and O–H groups in total. The van der Waals surface area contributed by atoms with Gasteiger partial charge < -0.3 is 9.05 Å². The van der Waals surface area contributed by atoms with Crippen molar-refractivity contribution in [1.29, 1.82) is 0 Å². The van der Waals surface area contributed by atoms with Gasteiger partial charge in [-0.1, -0.05) is 5.57 Å². The van der Waals surface area contributed by atoms with Crippen LogP contribution in [0.3, 0.4) is 0 Å². The predicted octanol–water partition coefficient (Wildman–Crippen LogP) is 1.76. The van der Waals surface area contributed by atoms with E-state index in [0.29, 0.717) is 12.8 Å². The molecule has 0 heterocycles. The normalized spacial score (nSPS) is 17.7. The molecule has 4 nitrogen and oxygen atoms in total. The molecular formula is C8H13O4P. The fourth-order valence-corrected chi connectivity index (χ4v) is 2.39. The molecule has 0 aromatic rings. The van der Waals surface area contributed by atoms with Crippen molar-refractivity contribution in [1.82, 2.24) is 0 Å². The summed E-state index contributed by atoms with van der Waals surface area (Å²) in [4.78, 5) is 10.9. The van der Waals surface area contributed by atoms with Crippen LogP contribution in [0.5, 0.6) is 0 Å². The molecule has 5 heteroatoms. The monoisotopic (exact) mass is 204 g/mol. The Labute approximate surface area is 77.4 Å². The highest BCUT2D eigenvalue weighted by atomic mass is 31.2. The fraction of sp³-hybridized carbons (Fsp3) is 0.625.